The number of allylic oxidation sites excluding steroid dienone is 3. The quantitative estimate of drug-likeness (QED) is 0.396. The molecule has 23 heavy (non-hydrogen) atoms. The summed E-state index contributed by atoms with van der Waals surface area (Å²) in [6, 6.07) is 0. The van der Waals surface area contributed by atoms with Crippen molar-refractivity contribution in [2.45, 2.75) is 90.4 Å². The van der Waals surface area contributed by atoms with Crippen molar-refractivity contribution in [1.29, 1.82) is 0 Å². The molecular weight excluding hydrogens is 282 g/mol. The second kappa shape index (κ2) is 7.53. The molecule has 4 atom stereocenters. The van der Waals surface area contributed by atoms with Gasteiger partial charge in [0.25, 0.3) is 0 Å². The molecule has 0 aromatic carbocycles. The highest BCUT2D eigenvalue weighted by Gasteiger charge is 2.46. The van der Waals surface area contributed by atoms with E-state index in [2.05, 4.69) is 58.2 Å². The van der Waals surface area contributed by atoms with E-state index in [4.69, 9.17) is 4.74 Å². The van der Waals surface area contributed by atoms with Crippen molar-refractivity contribution in [1.82, 2.24) is 0 Å². The summed E-state index contributed by atoms with van der Waals surface area (Å²) in [5.74, 6) is 1.50. The molecule has 1 heterocycles. The molecule has 132 valence electrons. The minimum absolute atomic E-state index is 0.0887. The fraction of sp³-hybridized carbons (Fsp3) is 0.810. The van der Waals surface area contributed by atoms with E-state index in [1.165, 1.54) is 44.1 Å². The van der Waals surface area contributed by atoms with Crippen molar-refractivity contribution < 1.29 is 4.74 Å². The summed E-state index contributed by atoms with van der Waals surface area (Å²) in [5, 5.41) is 4.50. The first kappa shape index (κ1) is 18.7. The number of likely N-dealkylation sites (N-methyl/N-ethyl adjacent to an activating group) is 1. The fourth-order valence-electron chi connectivity index (χ4n) is 3.64. The van der Waals surface area contributed by atoms with Crippen molar-refractivity contribution in [2.24, 2.45) is 11.8 Å². The molecule has 2 nitrogen and oxygen atoms in total. The van der Waals surface area contributed by atoms with E-state index in [0.29, 0.717) is 6.10 Å². The molecule has 1 fully saturated rings. The predicted molar refractivity (Wildman–Crippen MR) is 99.9 cm³/mol. The molecule has 2 aliphatic rings. The monoisotopic (exact) mass is 318 g/mol. The van der Waals surface area contributed by atoms with Crippen LogP contribution in [-0.2, 0) is 4.74 Å². The maximum Gasteiger partial charge on any atom is 0.0892 e. The van der Waals surface area contributed by atoms with Gasteiger partial charge in [-0.2, -0.15) is 7.05 Å². The van der Waals surface area contributed by atoms with Gasteiger partial charge in [0.05, 0.1) is 11.7 Å². The van der Waals surface area contributed by atoms with Gasteiger partial charge >= 0.3 is 0 Å². The molecule has 1 aliphatic heterocycles. The number of hydrogen-bond donors (Lipinski definition) is 0. The van der Waals surface area contributed by atoms with Crippen LogP contribution in [0.1, 0.15) is 73.1 Å². The van der Waals surface area contributed by atoms with Gasteiger partial charge in [0.1, 0.15) is 0 Å². The molecule has 0 aromatic rings. The first-order valence-electron chi connectivity index (χ1n) is 9.39. The molecule has 2 rings (SSSR count). The van der Waals surface area contributed by atoms with Gasteiger partial charge in [-0.1, -0.05) is 38.0 Å². The van der Waals surface area contributed by atoms with E-state index in [0.717, 1.165) is 11.8 Å². The summed E-state index contributed by atoms with van der Waals surface area (Å²) in [4.78, 5) is 0. The normalized spacial score (nSPS) is 34.4. The van der Waals surface area contributed by atoms with E-state index < -0.39 is 0 Å². The average molecular weight is 319 g/mol. The topological polar surface area (TPSA) is 26.6 Å². The Labute approximate surface area is 143 Å². The smallest absolute Gasteiger partial charge is 0.0892 e. The molecule has 1 saturated heterocycles. The molecule has 0 bridgehead atoms. The highest BCUT2D eigenvalue weighted by atomic mass is 16.6. The maximum absolute atomic E-state index is 5.66. The van der Waals surface area contributed by atoms with E-state index in [1.807, 2.05) is 7.05 Å². The van der Waals surface area contributed by atoms with Crippen molar-refractivity contribution >= 4 is 0 Å². The zero-order valence-electron chi connectivity index (χ0n) is 16.1. The summed E-state index contributed by atoms with van der Waals surface area (Å²) < 4.78 is 5.66. The molecule has 0 aromatic heterocycles. The molecule has 1 aliphatic carbocycles. The van der Waals surface area contributed by atoms with Crippen LogP contribution in [-0.4, -0.2) is 24.3 Å². The van der Waals surface area contributed by atoms with Gasteiger partial charge in [0.2, 0.25) is 0 Å². The van der Waals surface area contributed by atoms with Crippen molar-refractivity contribution in [2.75, 3.05) is 7.05 Å². The van der Waals surface area contributed by atoms with Crippen molar-refractivity contribution in [3.63, 3.8) is 0 Å². The minimum atomic E-state index is 0.0887. The highest BCUT2D eigenvalue weighted by molar-refractivity contribution is 5.19. The van der Waals surface area contributed by atoms with Gasteiger partial charge in [-0.3, -0.25) is 0 Å². The van der Waals surface area contributed by atoms with Crippen LogP contribution in [0.5, 0.6) is 0 Å². The van der Waals surface area contributed by atoms with Crippen LogP contribution in [0.25, 0.3) is 5.32 Å². The molecule has 0 radical (unpaired) electrons. The van der Waals surface area contributed by atoms with Crippen LogP contribution in [0.3, 0.4) is 0 Å². The molecule has 0 amide bonds. The largest absolute Gasteiger partial charge is 0.656 e. The van der Waals surface area contributed by atoms with E-state index >= 15 is 0 Å². The van der Waals surface area contributed by atoms with Crippen molar-refractivity contribution in [3.05, 3.63) is 29.1 Å². The fourth-order valence-corrected chi connectivity index (χ4v) is 3.64. The zero-order chi connectivity index (χ0) is 17.1. The Morgan fingerprint density at radius 1 is 1.39 bits per heavy atom. The third-order valence-electron chi connectivity index (χ3n) is 6.01. The van der Waals surface area contributed by atoms with Crippen LogP contribution < -0.4 is 0 Å². The second-order valence-corrected chi connectivity index (χ2v) is 8.50. The summed E-state index contributed by atoms with van der Waals surface area (Å²) in [7, 11) is 1.94. The molecule has 0 spiro atoms. The Morgan fingerprint density at radius 3 is 2.61 bits per heavy atom. The summed E-state index contributed by atoms with van der Waals surface area (Å²) in [6.45, 7) is 11.3. The number of ether oxygens (including phenoxy) is 1. The van der Waals surface area contributed by atoms with Gasteiger partial charge in [-0.05, 0) is 64.7 Å². The van der Waals surface area contributed by atoms with E-state index in [-0.39, 0.29) is 11.1 Å². The summed E-state index contributed by atoms with van der Waals surface area (Å²) >= 11 is 0. The van der Waals surface area contributed by atoms with Gasteiger partial charge < -0.3 is 10.1 Å². The lowest BCUT2D eigenvalue weighted by atomic mass is 9.77. The Morgan fingerprint density at radius 2 is 2.09 bits per heavy atom. The van der Waals surface area contributed by atoms with Gasteiger partial charge in [-0.25, -0.2) is 0 Å². The van der Waals surface area contributed by atoms with E-state index in [1.54, 1.807) is 0 Å². The predicted octanol–water partition coefficient (Wildman–Crippen LogP) is 6.04. The van der Waals surface area contributed by atoms with Crippen LogP contribution in [0.15, 0.2) is 23.8 Å². The number of hydrogen-bond acceptors (Lipinski definition) is 1. The third-order valence-corrected chi connectivity index (χ3v) is 6.01. The second-order valence-electron chi connectivity index (χ2n) is 8.50. The van der Waals surface area contributed by atoms with E-state index in [9.17, 15) is 0 Å². The van der Waals surface area contributed by atoms with Gasteiger partial charge in [0, 0.05) is 0 Å². The molecule has 4 unspecified atom stereocenters. The standard InChI is InChI=1S/C21H36NO/c1-16(10-11-19-20(3,4)23-19)8-7-9-17(2)18-12-14-21(5,22-6)15-13-18/h8,12,14,17-19H,7,9-11,13,15H2,1-6H3/q-1. The lowest BCUT2D eigenvalue weighted by Gasteiger charge is -2.43. The Hall–Kier alpha value is -0.600. The van der Waals surface area contributed by atoms with Gasteiger partial charge in [-0.15, -0.1) is 11.6 Å². The highest BCUT2D eigenvalue weighted by Crippen LogP contribution is 2.39. The first-order valence-corrected chi connectivity index (χ1v) is 9.39. The Kier molecular flexibility index (Phi) is 6.13. The number of epoxide rings is 1. The van der Waals surface area contributed by atoms with Crippen LogP contribution >= 0.6 is 0 Å². The van der Waals surface area contributed by atoms with Crippen LogP contribution in [0, 0.1) is 11.8 Å². The molecular formula is C21H36NO-. The van der Waals surface area contributed by atoms with Crippen LogP contribution in [0.2, 0.25) is 0 Å². The third kappa shape index (κ3) is 5.46. The SMILES string of the molecule is C[N-]C1(C)C=CC(C(C)CCC=C(C)CCC2OC2(C)C)CC1. The molecule has 2 heteroatoms. The first-order chi connectivity index (χ1) is 10.8. The number of rotatable bonds is 8. The molecule has 0 N–H and O–H groups in total. The van der Waals surface area contributed by atoms with Crippen LogP contribution in [0.4, 0.5) is 0 Å². The lowest BCUT2D eigenvalue weighted by molar-refractivity contribution is 0.320. The Bertz CT molecular complexity index is 451. The van der Waals surface area contributed by atoms with Crippen molar-refractivity contribution in [3.8, 4) is 0 Å². The number of nitrogens with zero attached hydrogens (tertiary/aromatic N) is 1. The zero-order valence-corrected chi connectivity index (χ0v) is 16.1. The maximum atomic E-state index is 5.66. The summed E-state index contributed by atoms with van der Waals surface area (Å²) in [5.41, 5.74) is 1.76. The Balaban J connectivity index is 1.67. The van der Waals surface area contributed by atoms with Gasteiger partial charge in [0.15, 0.2) is 0 Å². The summed E-state index contributed by atoms with van der Waals surface area (Å²) in [6.07, 6.45) is 15.0. The lowest BCUT2D eigenvalue weighted by Crippen LogP contribution is -2.26. The average Bonchev–Trinajstić information content (AvgIpc) is 3.13. The molecule has 0 saturated carbocycles. The minimum Gasteiger partial charge on any atom is -0.656 e.